The average Bonchev–Trinajstić information content (AvgIpc) is 2.77. The smallest absolute Gasteiger partial charge is 0.263 e. The summed E-state index contributed by atoms with van der Waals surface area (Å²) in [5.41, 5.74) is 1.15. The normalized spacial score (nSPS) is 23.4. The van der Waals surface area contributed by atoms with E-state index in [2.05, 4.69) is 22.9 Å². The molecule has 0 bridgehead atoms. The molecule has 1 amide bonds. The lowest BCUT2D eigenvalue weighted by molar-refractivity contribution is 0.0679. The van der Waals surface area contributed by atoms with E-state index in [4.69, 9.17) is 0 Å². The number of hydrogen-bond donors (Lipinski definition) is 0. The van der Waals surface area contributed by atoms with Crippen LogP contribution in [0.2, 0.25) is 0 Å². The predicted molar refractivity (Wildman–Crippen MR) is 84.9 cm³/mol. The highest BCUT2D eigenvalue weighted by atomic mass is 79.9. The first kappa shape index (κ1) is 15.0. The van der Waals surface area contributed by atoms with Gasteiger partial charge in [0.25, 0.3) is 5.91 Å². The molecule has 1 aromatic rings. The van der Waals surface area contributed by atoms with E-state index in [1.165, 1.54) is 19.3 Å². The second-order valence-electron chi connectivity index (χ2n) is 5.57. The van der Waals surface area contributed by atoms with Gasteiger partial charge >= 0.3 is 0 Å². The lowest BCUT2D eigenvalue weighted by Crippen LogP contribution is -2.39. The molecule has 2 nitrogen and oxygen atoms in total. The highest BCUT2D eigenvalue weighted by Gasteiger charge is 2.27. The molecule has 0 aliphatic heterocycles. The van der Waals surface area contributed by atoms with Crippen LogP contribution in [0.15, 0.2) is 9.85 Å². The van der Waals surface area contributed by atoms with Crippen LogP contribution >= 0.6 is 27.3 Å². The Labute approximate surface area is 128 Å². The molecule has 0 N–H and O–H groups in total. The molecule has 1 aliphatic carbocycles. The van der Waals surface area contributed by atoms with Gasteiger partial charge < -0.3 is 4.90 Å². The molecule has 106 valence electrons. The highest BCUT2D eigenvalue weighted by Crippen LogP contribution is 2.32. The SMILES string of the molecule is CCC1CCC(N(C)C(=O)c2cc(C)c(Br)s2)CC1. The number of amides is 1. The van der Waals surface area contributed by atoms with Gasteiger partial charge in [0, 0.05) is 13.1 Å². The van der Waals surface area contributed by atoms with Gasteiger partial charge in [-0.05, 0) is 66.1 Å². The van der Waals surface area contributed by atoms with Crippen molar-refractivity contribution in [2.75, 3.05) is 7.05 Å². The molecule has 0 saturated heterocycles. The number of halogens is 1. The Hall–Kier alpha value is -0.350. The van der Waals surface area contributed by atoms with Crippen molar-refractivity contribution in [1.82, 2.24) is 4.90 Å². The zero-order valence-electron chi connectivity index (χ0n) is 11.9. The Balaban J connectivity index is 2.00. The molecule has 0 atom stereocenters. The number of thiophene rings is 1. The van der Waals surface area contributed by atoms with E-state index < -0.39 is 0 Å². The molecule has 1 heterocycles. The first-order valence-electron chi connectivity index (χ1n) is 7.06. The fraction of sp³-hybridized carbons (Fsp3) is 0.667. The quantitative estimate of drug-likeness (QED) is 0.767. The summed E-state index contributed by atoms with van der Waals surface area (Å²) in [5, 5.41) is 0. The summed E-state index contributed by atoms with van der Waals surface area (Å²) in [4.78, 5) is 15.3. The standard InChI is InChI=1S/C15H22BrNOS/c1-4-11-5-7-12(8-6-11)17(3)15(18)13-9-10(2)14(16)19-13/h9,11-12H,4-8H2,1-3H3. The van der Waals surface area contributed by atoms with Crippen molar-refractivity contribution in [3.05, 3.63) is 20.3 Å². The fourth-order valence-electron chi connectivity index (χ4n) is 2.85. The van der Waals surface area contributed by atoms with E-state index >= 15 is 0 Å². The number of carbonyl (C=O) groups excluding carboxylic acids is 1. The van der Waals surface area contributed by atoms with Crippen LogP contribution < -0.4 is 0 Å². The lowest BCUT2D eigenvalue weighted by Gasteiger charge is -2.34. The molecule has 0 radical (unpaired) electrons. The average molecular weight is 344 g/mol. The third kappa shape index (κ3) is 3.40. The minimum atomic E-state index is 0.179. The number of nitrogens with zero attached hydrogens (tertiary/aromatic N) is 1. The third-order valence-corrected chi connectivity index (χ3v) is 6.45. The molecule has 1 fully saturated rings. The van der Waals surface area contributed by atoms with Crippen molar-refractivity contribution in [3.63, 3.8) is 0 Å². The molecular weight excluding hydrogens is 322 g/mol. The van der Waals surface area contributed by atoms with Gasteiger partial charge in [0.05, 0.1) is 8.66 Å². The van der Waals surface area contributed by atoms with Gasteiger partial charge in [-0.25, -0.2) is 0 Å². The summed E-state index contributed by atoms with van der Waals surface area (Å²) in [6.45, 7) is 4.30. The molecule has 2 rings (SSSR count). The number of aryl methyl sites for hydroxylation is 1. The summed E-state index contributed by atoms with van der Waals surface area (Å²) < 4.78 is 1.07. The molecule has 0 spiro atoms. The molecule has 0 aromatic carbocycles. The van der Waals surface area contributed by atoms with Gasteiger partial charge in [0.1, 0.15) is 0 Å². The van der Waals surface area contributed by atoms with Crippen LogP contribution in [-0.4, -0.2) is 23.9 Å². The Morgan fingerprint density at radius 1 is 1.42 bits per heavy atom. The van der Waals surface area contributed by atoms with Gasteiger partial charge in [-0.15, -0.1) is 11.3 Å². The molecule has 1 aromatic heterocycles. The van der Waals surface area contributed by atoms with Crippen LogP contribution in [0.1, 0.15) is 54.3 Å². The van der Waals surface area contributed by atoms with Crippen molar-refractivity contribution in [2.45, 2.75) is 52.0 Å². The second kappa shape index (κ2) is 6.40. The van der Waals surface area contributed by atoms with Gasteiger partial charge in [0.15, 0.2) is 0 Å². The second-order valence-corrected chi connectivity index (χ2v) is 7.94. The van der Waals surface area contributed by atoms with Crippen LogP contribution in [-0.2, 0) is 0 Å². The van der Waals surface area contributed by atoms with E-state index in [-0.39, 0.29) is 5.91 Å². The third-order valence-electron chi connectivity index (χ3n) is 4.33. The number of carbonyl (C=O) groups is 1. The molecule has 4 heteroatoms. The number of hydrogen-bond acceptors (Lipinski definition) is 2. The summed E-state index contributed by atoms with van der Waals surface area (Å²) in [6, 6.07) is 2.42. The van der Waals surface area contributed by atoms with E-state index in [1.807, 2.05) is 24.9 Å². The van der Waals surface area contributed by atoms with Gasteiger partial charge in [-0.1, -0.05) is 13.3 Å². The first-order valence-corrected chi connectivity index (χ1v) is 8.67. The molecule has 0 unspecified atom stereocenters. The summed E-state index contributed by atoms with van der Waals surface area (Å²) in [7, 11) is 1.96. The summed E-state index contributed by atoms with van der Waals surface area (Å²) in [6.07, 6.45) is 6.14. The van der Waals surface area contributed by atoms with Crippen LogP contribution in [0.5, 0.6) is 0 Å². The molecular formula is C15H22BrNOS. The van der Waals surface area contributed by atoms with Gasteiger partial charge in [-0.3, -0.25) is 4.79 Å². The van der Waals surface area contributed by atoms with Crippen molar-refractivity contribution in [3.8, 4) is 0 Å². The van der Waals surface area contributed by atoms with E-state index in [0.29, 0.717) is 6.04 Å². The van der Waals surface area contributed by atoms with Gasteiger partial charge in [-0.2, -0.15) is 0 Å². The van der Waals surface area contributed by atoms with Crippen LogP contribution in [0, 0.1) is 12.8 Å². The minimum Gasteiger partial charge on any atom is -0.338 e. The largest absolute Gasteiger partial charge is 0.338 e. The lowest BCUT2D eigenvalue weighted by atomic mass is 9.84. The topological polar surface area (TPSA) is 20.3 Å². The maximum Gasteiger partial charge on any atom is 0.263 e. The van der Waals surface area contributed by atoms with Crippen molar-refractivity contribution < 1.29 is 4.79 Å². The van der Waals surface area contributed by atoms with Crippen LogP contribution in [0.3, 0.4) is 0 Å². The fourth-order valence-corrected chi connectivity index (χ4v) is 4.36. The Morgan fingerprint density at radius 3 is 2.53 bits per heavy atom. The van der Waals surface area contributed by atoms with E-state index in [9.17, 15) is 4.79 Å². The van der Waals surface area contributed by atoms with Crippen molar-refractivity contribution in [1.29, 1.82) is 0 Å². The Bertz CT molecular complexity index is 429. The molecule has 1 saturated carbocycles. The first-order chi connectivity index (χ1) is 9.02. The monoisotopic (exact) mass is 343 g/mol. The van der Waals surface area contributed by atoms with Crippen LogP contribution in [0.25, 0.3) is 0 Å². The molecule has 19 heavy (non-hydrogen) atoms. The maximum absolute atomic E-state index is 12.5. The zero-order valence-corrected chi connectivity index (χ0v) is 14.3. The van der Waals surface area contributed by atoms with Crippen LogP contribution in [0.4, 0.5) is 0 Å². The number of rotatable bonds is 3. The zero-order chi connectivity index (χ0) is 14.0. The summed E-state index contributed by atoms with van der Waals surface area (Å²) >= 11 is 5.04. The highest BCUT2D eigenvalue weighted by molar-refractivity contribution is 9.11. The van der Waals surface area contributed by atoms with Gasteiger partial charge in [0.2, 0.25) is 0 Å². The molecule has 1 aliphatic rings. The van der Waals surface area contributed by atoms with Crippen molar-refractivity contribution >= 4 is 33.2 Å². The Kier molecular flexibility index (Phi) is 5.07. The van der Waals surface area contributed by atoms with Crippen molar-refractivity contribution in [2.24, 2.45) is 5.92 Å². The summed E-state index contributed by atoms with van der Waals surface area (Å²) in [5.74, 6) is 1.05. The minimum absolute atomic E-state index is 0.179. The van der Waals surface area contributed by atoms with E-state index in [1.54, 1.807) is 11.3 Å². The van der Waals surface area contributed by atoms with E-state index in [0.717, 1.165) is 33.0 Å². The predicted octanol–water partition coefficient (Wildman–Crippen LogP) is 4.86. The Morgan fingerprint density at radius 2 is 2.05 bits per heavy atom. The maximum atomic E-state index is 12.5.